The first-order valence-electron chi connectivity index (χ1n) is 12.3. The standard InChI is InChI=1S/C30H23FN6O2S/c31-26-17-8-7-12-22(26)18-27(33-29(38)21-10-3-1-4-11-21)30(39)32-23-13-9-16-25(19-23)40-20-28-34-35-36-37(28)24-14-5-2-6-15-24/h1-19H,20H2,(H,32,39)(H,33,38)/b27-18+. The molecule has 0 unspecified atom stereocenters. The fourth-order valence-electron chi connectivity index (χ4n) is 3.77. The van der Waals surface area contributed by atoms with Crippen LogP contribution in [0.5, 0.6) is 0 Å². The second-order valence-corrected chi connectivity index (χ2v) is 9.56. The van der Waals surface area contributed by atoms with Crippen molar-refractivity contribution in [2.45, 2.75) is 10.6 Å². The van der Waals surface area contributed by atoms with Crippen molar-refractivity contribution in [2.24, 2.45) is 0 Å². The molecule has 0 aliphatic heterocycles. The third kappa shape index (κ3) is 6.66. The van der Waals surface area contributed by atoms with Gasteiger partial charge in [0.15, 0.2) is 5.82 Å². The smallest absolute Gasteiger partial charge is 0.272 e. The van der Waals surface area contributed by atoms with Crippen molar-refractivity contribution >= 4 is 35.3 Å². The number of anilines is 1. The van der Waals surface area contributed by atoms with Crippen LogP contribution in [0.1, 0.15) is 21.7 Å². The van der Waals surface area contributed by atoms with Crippen LogP contribution in [0.25, 0.3) is 11.8 Å². The SMILES string of the molecule is O=C(Nc1cccc(SCc2nnnn2-c2ccccc2)c1)/C(=C\c1ccccc1F)NC(=O)c1ccccc1. The summed E-state index contributed by atoms with van der Waals surface area (Å²) in [5.41, 5.74) is 1.80. The molecule has 10 heteroatoms. The van der Waals surface area contributed by atoms with Gasteiger partial charge < -0.3 is 10.6 Å². The van der Waals surface area contributed by atoms with Gasteiger partial charge in [-0.3, -0.25) is 9.59 Å². The van der Waals surface area contributed by atoms with Crippen LogP contribution in [-0.2, 0) is 10.5 Å². The van der Waals surface area contributed by atoms with Crippen LogP contribution in [0.15, 0.2) is 120 Å². The molecule has 1 aromatic heterocycles. The lowest BCUT2D eigenvalue weighted by Gasteiger charge is -2.12. The molecule has 198 valence electrons. The van der Waals surface area contributed by atoms with Gasteiger partial charge in [0, 0.05) is 21.7 Å². The zero-order valence-electron chi connectivity index (χ0n) is 21.1. The number of aromatic nitrogens is 4. The maximum Gasteiger partial charge on any atom is 0.272 e. The number of amides is 2. The predicted octanol–water partition coefficient (Wildman–Crippen LogP) is 5.50. The van der Waals surface area contributed by atoms with Crippen molar-refractivity contribution in [1.82, 2.24) is 25.5 Å². The van der Waals surface area contributed by atoms with E-state index in [1.807, 2.05) is 36.4 Å². The summed E-state index contributed by atoms with van der Waals surface area (Å²) in [4.78, 5) is 27.0. The van der Waals surface area contributed by atoms with Crippen LogP contribution in [-0.4, -0.2) is 32.0 Å². The Hall–Kier alpha value is -5.09. The number of rotatable bonds is 9. The number of tetrazole rings is 1. The van der Waals surface area contributed by atoms with Crippen molar-refractivity contribution in [1.29, 1.82) is 0 Å². The zero-order valence-corrected chi connectivity index (χ0v) is 21.9. The topological polar surface area (TPSA) is 102 Å². The minimum atomic E-state index is -0.595. The van der Waals surface area contributed by atoms with Crippen molar-refractivity contribution in [3.05, 3.63) is 138 Å². The molecule has 0 radical (unpaired) electrons. The van der Waals surface area contributed by atoms with Crippen LogP contribution in [0.2, 0.25) is 0 Å². The lowest BCUT2D eigenvalue weighted by atomic mass is 10.1. The van der Waals surface area contributed by atoms with Gasteiger partial charge in [0.05, 0.1) is 11.4 Å². The van der Waals surface area contributed by atoms with Crippen LogP contribution in [0.4, 0.5) is 10.1 Å². The molecule has 0 fully saturated rings. The zero-order chi connectivity index (χ0) is 27.7. The fourth-order valence-corrected chi connectivity index (χ4v) is 4.63. The maximum atomic E-state index is 14.4. The molecular formula is C30H23FN6O2S. The summed E-state index contributed by atoms with van der Waals surface area (Å²) in [6, 6.07) is 31.3. The molecule has 4 aromatic carbocycles. The van der Waals surface area contributed by atoms with Crippen LogP contribution >= 0.6 is 11.8 Å². The molecule has 0 bridgehead atoms. The van der Waals surface area contributed by atoms with Crippen molar-refractivity contribution in [2.75, 3.05) is 5.32 Å². The van der Waals surface area contributed by atoms with Gasteiger partial charge in [0.25, 0.3) is 11.8 Å². The van der Waals surface area contributed by atoms with Gasteiger partial charge in [-0.2, -0.15) is 4.68 Å². The van der Waals surface area contributed by atoms with Crippen molar-refractivity contribution in [3.63, 3.8) is 0 Å². The number of benzene rings is 4. The van der Waals surface area contributed by atoms with Gasteiger partial charge >= 0.3 is 0 Å². The number of thioether (sulfide) groups is 1. The van der Waals surface area contributed by atoms with Crippen LogP contribution < -0.4 is 10.6 Å². The molecular weight excluding hydrogens is 527 g/mol. The molecule has 1 heterocycles. The molecule has 5 rings (SSSR count). The van der Waals surface area contributed by atoms with Gasteiger partial charge in [-0.1, -0.05) is 60.7 Å². The van der Waals surface area contributed by atoms with E-state index in [0.29, 0.717) is 22.8 Å². The minimum absolute atomic E-state index is 0.0981. The molecule has 0 aliphatic rings. The third-order valence-corrected chi connectivity index (χ3v) is 6.72. The van der Waals surface area contributed by atoms with E-state index in [-0.39, 0.29) is 11.3 Å². The number of halogens is 1. The molecule has 0 aliphatic carbocycles. The highest BCUT2D eigenvalue weighted by Gasteiger charge is 2.16. The summed E-state index contributed by atoms with van der Waals surface area (Å²) in [7, 11) is 0. The average molecular weight is 551 g/mol. The molecule has 40 heavy (non-hydrogen) atoms. The Bertz CT molecular complexity index is 1660. The maximum absolute atomic E-state index is 14.4. The first kappa shape index (κ1) is 26.5. The van der Waals surface area contributed by atoms with Crippen molar-refractivity contribution < 1.29 is 14.0 Å². The number of nitrogens with one attached hydrogen (secondary N) is 2. The lowest BCUT2D eigenvalue weighted by molar-refractivity contribution is -0.113. The second-order valence-electron chi connectivity index (χ2n) is 8.51. The first-order valence-corrected chi connectivity index (χ1v) is 13.2. The van der Waals surface area contributed by atoms with E-state index in [0.717, 1.165) is 10.6 Å². The Balaban J connectivity index is 1.32. The van der Waals surface area contributed by atoms with E-state index in [1.165, 1.54) is 30.0 Å². The molecule has 2 N–H and O–H groups in total. The number of para-hydroxylation sites is 1. The molecule has 5 aromatic rings. The Morgan fingerprint density at radius 3 is 2.38 bits per heavy atom. The molecule has 0 saturated carbocycles. The van der Waals surface area contributed by atoms with Gasteiger partial charge in [0.1, 0.15) is 11.5 Å². The number of carbonyl (C=O) groups excluding carboxylic acids is 2. The van der Waals surface area contributed by atoms with Gasteiger partial charge in [-0.25, -0.2) is 4.39 Å². The summed E-state index contributed by atoms with van der Waals surface area (Å²) >= 11 is 1.50. The van der Waals surface area contributed by atoms with Gasteiger partial charge in [-0.05, 0) is 65.0 Å². The average Bonchev–Trinajstić information content (AvgIpc) is 3.47. The summed E-state index contributed by atoms with van der Waals surface area (Å²) in [6.45, 7) is 0. The highest BCUT2D eigenvalue weighted by Crippen LogP contribution is 2.25. The van der Waals surface area contributed by atoms with Crippen molar-refractivity contribution in [3.8, 4) is 5.69 Å². The van der Waals surface area contributed by atoms with E-state index in [9.17, 15) is 14.0 Å². The Labute approximate surface area is 233 Å². The number of carbonyl (C=O) groups is 2. The largest absolute Gasteiger partial charge is 0.321 e. The number of nitrogens with zero attached hydrogens (tertiary/aromatic N) is 4. The predicted molar refractivity (Wildman–Crippen MR) is 152 cm³/mol. The molecule has 2 amide bonds. The second kappa shape index (κ2) is 12.6. The minimum Gasteiger partial charge on any atom is -0.321 e. The lowest BCUT2D eigenvalue weighted by Crippen LogP contribution is -2.30. The third-order valence-electron chi connectivity index (χ3n) is 5.73. The molecule has 0 saturated heterocycles. The summed E-state index contributed by atoms with van der Waals surface area (Å²) in [5, 5.41) is 17.4. The molecule has 0 spiro atoms. The quantitative estimate of drug-likeness (QED) is 0.186. The van der Waals surface area contributed by atoms with Crippen LogP contribution in [0, 0.1) is 5.82 Å². The Morgan fingerprint density at radius 1 is 0.875 bits per heavy atom. The summed E-state index contributed by atoms with van der Waals surface area (Å²) < 4.78 is 16.1. The normalized spacial score (nSPS) is 11.2. The summed E-state index contributed by atoms with van der Waals surface area (Å²) in [6.07, 6.45) is 1.31. The van der Waals surface area contributed by atoms with E-state index in [4.69, 9.17) is 0 Å². The van der Waals surface area contributed by atoms with E-state index >= 15 is 0 Å². The number of hydrogen-bond acceptors (Lipinski definition) is 6. The summed E-state index contributed by atoms with van der Waals surface area (Å²) in [5.74, 6) is -0.436. The fraction of sp³-hybridized carbons (Fsp3) is 0.0333. The first-order chi connectivity index (χ1) is 19.6. The highest BCUT2D eigenvalue weighted by atomic mass is 32.2. The number of hydrogen-bond donors (Lipinski definition) is 2. The van der Waals surface area contributed by atoms with E-state index in [2.05, 4.69) is 26.2 Å². The van der Waals surface area contributed by atoms with Crippen LogP contribution in [0.3, 0.4) is 0 Å². The molecule has 8 nitrogen and oxygen atoms in total. The van der Waals surface area contributed by atoms with Gasteiger partial charge in [0.2, 0.25) is 0 Å². The Morgan fingerprint density at radius 2 is 1.60 bits per heavy atom. The van der Waals surface area contributed by atoms with Gasteiger partial charge in [-0.15, -0.1) is 16.9 Å². The molecule has 0 atom stereocenters. The van der Waals surface area contributed by atoms with E-state index < -0.39 is 17.6 Å². The van der Waals surface area contributed by atoms with E-state index in [1.54, 1.807) is 65.3 Å². The monoisotopic (exact) mass is 550 g/mol. The Kier molecular flexibility index (Phi) is 8.38. The highest BCUT2D eigenvalue weighted by molar-refractivity contribution is 7.98.